The number of nitrogens with zero attached hydrogens (tertiary/aromatic N) is 2. The van der Waals surface area contributed by atoms with Gasteiger partial charge in [-0.3, -0.25) is 4.99 Å². The Balaban J connectivity index is 1.67. The molecule has 4 heteroatoms. The van der Waals surface area contributed by atoms with Gasteiger partial charge in [-0.1, -0.05) is 26.2 Å². The van der Waals surface area contributed by atoms with Crippen LogP contribution in [0.15, 0.2) is 4.99 Å². The van der Waals surface area contributed by atoms with Gasteiger partial charge < -0.3 is 15.0 Å². The van der Waals surface area contributed by atoms with Crippen LogP contribution in [0.25, 0.3) is 0 Å². The molecule has 0 amide bonds. The Morgan fingerprint density at radius 2 is 1.90 bits per heavy atom. The SMILES string of the molecule is CCCCOCCNC(=NC)N1CC2CCCCC2C1. The highest BCUT2D eigenvalue weighted by Gasteiger charge is 2.35. The van der Waals surface area contributed by atoms with Gasteiger partial charge in [0, 0.05) is 33.3 Å². The molecule has 1 heterocycles. The zero-order valence-corrected chi connectivity index (χ0v) is 13.2. The van der Waals surface area contributed by atoms with Crippen molar-refractivity contribution < 1.29 is 4.74 Å². The van der Waals surface area contributed by atoms with Crippen molar-refractivity contribution in [2.45, 2.75) is 45.4 Å². The van der Waals surface area contributed by atoms with Crippen LogP contribution in [0.5, 0.6) is 0 Å². The van der Waals surface area contributed by atoms with Gasteiger partial charge in [0.05, 0.1) is 6.61 Å². The Kier molecular flexibility index (Phi) is 6.64. The molecule has 0 radical (unpaired) electrons. The van der Waals surface area contributed by atoms with Crippen molar-refractivity contribution in [1.82, 2.24) is 10.2 Å². The molecule has 2 fully saturated rings. The molecule has 2 aliphatic rings. The van der Waals surface area contributed by atoms with Crippen LogP contribution in [0.2, 0.25) is 0 Å². The summed E-state index contributed by atoms with van der Waals surface area (Å²) in [6.07, 6.45) is 8.03. The molecule has 2 unspecified atom stereocenters. The summed E-state index contributed by atoms with van der Waals surface area (Å²) in [6.45, 7) is 7.10. The van der Waals surface area contributed by atoms with E-state index in [9.17, 15) is 0 Å². The third-order valence-corrected chi connectivity index (χ3v) is 4.66. The van der Waals surface area contributed by atoms with Crippen molar-refractivity contribution in [3.8, 4) is 0 Å². The molecule has 0 bridgehead atoms. The number of aliphatic imine (C=N–C) groups is 1. The Hall–Kier alpha value is -0.770. The van der Waals surface area contributed by atoms with Gasteiger partial charge in [-0.05, 0) is 31.1 Å². The molecule has 116 valence electrons. The molecule has 0 aromatic heterocycles. The van der Waals surface area contributed by atoms with Gasteiger partial charge in [-0.2, -0.15) is 0 Å². The van der Waals surface area contributed by atoms with E-state index in [1.807, 2.05) is 7.05 Å². The van der Waals surface area contributed by atoms with Crippen LogP contribution in [0.3, 0.4) is 0 Å². The molecule has 1 saturated heterocycles. The van der Waals surface area contributed by atoms with Gasteiger partial charge in [0.15, 0.2) is 5.96 Å². The summed E-state index contributed by atoms with van der Waals surface area (Å²) in [5, 5.41) is 3.45. The molecular weight excluding hydrogens is 250 g/mol. The summed E-state index contributed by atoms with van der Waals surface area (Å²) >= 11 is 0. The fourth-order valence-electron chi connectivity index (χ4n) is 3.49. The molecule has 0 aromatic carbocycles. The van der Waals surface area contributed by atoms with Crippen molar-refractivity contribution in [2.24, 2.45) is 16.8 Å². The molecule has 1 N–H and O–H groups in total. The minimum absolute atomic E-state index is 0.777. The number of likely N-dealkylation sites (tertiary alicyclic amines) is 1. The van der Waals surface area contributed by atoms with E-state index >= 15 is 0 Å². The maximum Gasteiger partial charge on any atom is 0.193 e. The number of nitrogens with one attached hydrogen (secondary N) is 1. The van der Waals surface area contributed by atoms with Crippen molar-refractivity contribution in [3.05, 3.63) is 0 Å². The second kappa shape index (κ2) is 8.50. The molecule has 20 heavy (non-hydrogen) atoms. The van der Waals surface area contributed by atoms with Crippen LogP contribution in [-0.4, -0.2) is 50.8 Å². The number of hydrogen-bond acceptors (Lipinski definition) is 2. The molecule has 2 atom stereocenters. The first-order valence-corrected chi connectivity index (χ1v) is 8.38. The third-order valence-electron chi connectivity index (χ3n) is 4.66. The van der Waals surface area contributed by atoms with E-state index in [0.29, 0.717) is 0 Å². The lowest BCUT2D eigenvalue weighted by Gasteiger charge is -2.22. The Morgan fingerprint density at radius 3 is 2.50 bits per heavy atom. The third kappa shape index (κ3) is 4.37. The van der Waals surface area contributed by atoms with E-state index in [1.165, 1.54) is 45.2 Å². The first-order chi connectivity index (χ1) is 9.85. The van der Waals surface area contributed by atoms with Gasteiger partial charge in [0.25, 0.3) is 0 Å². The summed E-state index contributed by atoms with van der Waals surface area (Å²) in [5.41, 5.74) is 0. The predicted octanol–water partition coefficient (Wildman–Crippen LogP) is 2.50. The molecular formula is C16H31N3O. The first-order valence-electron chi connectivity index (χ1n) is 8.38. The van der Waals surface area contributed by atoms with E-state index in [2.05, 4.69) is 22.1 Å². The van der Waals surface area contributed by atoms with Crippen LogP contribution in [0.4, 0.5) is 0 Å². The summed E-state index contributed by atoms with van der Waals surface area (Å²) in [6, 6.07) is 0. The second-order valence-corrected chi connectivity index (χ2v) is 6.15. The van der Waals surface area contributed by atoms with E-state index in [0.717, 1.165) is 44.0 Å². The van der Waals surface area contributed by atoms with Gasteiger partial charge >= 0.3 is 0 Å². The summed E-state index contributed by atoms with van der Waals surface area (Å²) < 4.78 is 5.59. The van der Waals surface area contributed by atoms with Crippen LogP contribution in [-0.2, 0) is 4.74 Å². The lowest BCUT2D eigenvalue weighted by molar-refractivity contribution is 0.135. The summed E-state index contributed by atoms with van der Waals surface area (Å²) in [7, 11) is 1.89. The largest absolute Gasteiger partial charge is 0.380 e. The van der Waals surface area contributed by atoms with Crippen molar-refractivity contribution in [2.75, 3.05) is 39.9 Å². The molecule has 2 rings (SSSR count). The van der Waals surface area contributed by atoms with Gasteiger partial charge in [-0.15, -0.1) is 0 Å². The maximum atomic E-state index is 5.59. The average molecular weight is 281 g/mol. The fraction of sp³-hybridized carbons (Fsp3) is 0.938. The zero-order valence-electron chi connectivity index (χ0n) is 13.2. The average Bonchev–Trinajstić information content (AvgIpc) is 2.90. The van der Waals surface area contributed by atoms with Crippen molar-refractivity contribution in [1.29, 1.82) is 0 Å². The van der Waals surface area contributed by atoms with E-state index < -0.39 is 0 Å². The lowest BCUT2D eigenvalue weighted by atomic mass is 9.82. The molecule has 1 aliphatic carbocycles. The number of unbranched alkanes of at least 4 members (excludes halogenated alkanes) is 1. The topological polar surface area (TPSA) is 36.9 Å². The quantitative estimate of drug-likeness (QED) is 0.462. The highest BCUT2D eigenvalue weighted by Crippen LogP contribution is 2.35. The number of rotatable bonds is 6. The van der Waals surface area contributed by atoms with Gasteiger partial charge in [-0.25, -0.2) is 0 Å². The predicted molar refractivity (Wildman–Crippen MR) is 84.1 cm³/mol. The monoisotopic (exact) mass is 281 g/mol. The van der Waals surface area contributed by atoms with Crippen molar-refractivity contribution in [3.63, 3.8) is 0 Å². The van der Waals surface area contributed by atoms with E-state index in [4.69, 9.17) is 4.74 Å². The number of guanidine groups is 1. The Labute approximate surface area is 124 Å². The molecule has 0 aromatic rings. The minimum atomic E-state index is 0.777. The van der Waals surface area contributed by atoms with Crippen LogP contribution in [0.1, 0.15) is 45.4 Å². The van der Waals surface area contributed by atoms with Crippen LogP contribution < -0.4 is 5.32 Å². The summed E-state index contributed by atoms with van der Waals surface area (Å²) in [4.78, 5) is 6.89. The highest BCUT2D eigenvalue weighted by molar-refractivity contribution is 5.80. The van der Waals surface area contributed by atoms with E-state index in [1.54, 1.807) is 0 Å². The number of fused-ring (bicyclic) bond motifs is 1. The molecule has 1 saturated carbocycles. The Bertz CT molecular complexity index is 292. The number of hydrogen-bond donors (Lipinski definition) is 1. The second-order valence-electron chi connectivity index (χ2n) is 6.15. The standard InChI is InChI=1S/C16H31N3O/c1-3-4-10-20-11-9-18-16(17-2)19-12-14-7-5-6-8-15(14)13-19/h14-15H,3-13H2,1-2H3,(H,17,18). The van der Waals surface area contributed by atoms with Crippen LogP contribution >= 0.6 is 0 Å². The molecule has 4 nitrogen and oxygen atoms in total. The zero-order chi connectivity index (χ0) is 14.2. The smallest absolute Gasteiger partial charge is 0.193 e. The van der Waals surface area contributed by atoms with Gasteiger partial charge in [0.2, 0.25) is 0 Å². The van der Waals surface area contributed by atoms with Crippen LogP contribution in [0, 0.1) is 11.8 Å². The Morgan fingerprint density at radius 1 is 1.20 bits per heavy atom. The summed E-state index contributed by atoms with van der Waals surface area (Å²) in [5.74, 6) is 2.88. The fourth-order valence-corrected chi connectivity index (χ4v) is 3.49. The number of ether oxygens (including phenoxy) is 1. The van der Waals surface area contributed by atoms with E-state index in [-0.39, 0.29) is 0 Å². The van der Waals surface area contributed by atoms with Gasteiger partial charge in [0.1, 0.15) is 0 Å². The van der Waals surface area contributed by atoms with Crippen molar-refractivity contribution >= 4 is 5.96 Å². The highest BCUT2D eigenvalue weighted by atomic mass is 16.5. The normalized spacial score (nSPS) is 26.7. The molecule has 0 spiro atoms. The minimum Gasteiger partial charge on any atom is -0.380 e. The lowest BCUT2D eigenvalue weighted by Crippen LogP contribution is -2.41. The molecule has 1 aliphatic heterocycles. The first kappa shape index (κ1) is 15.6. The maximum absolute atomic E-state index is 5.59.